The topological polar surface area (TPSA) is 452 Å². The molecule has 1 spiro atoms. The summed E-state index contributed by atoms with van der Waals surface area (Å²) in [6.07, 6.45) is -37.2. The van der Waals surface area contributed by atoms with E-state index in [4.69, 9.17) is 56.8 Å². The molecule has 16 N–H and O–H groups in total. The Hall–Kier alpha value is -1.61. The van der Waals surface area contributed by atoms with Crippen molar-refractivity contribution < 1.29 is 143 Å². The van der Waals surface area contributed by atoms with Crippen molar-refractivity contribution in [3.8, 4) is 0 Å². The molecular weight excluding hydrogens is 1180 g/mol. The third kappa shape index (κ3) is 10.9. The van der Waals surface area contributed by atoms with E-state index in [1.54, 1.807) is 0 Å². The molecule has 11 rings (SSSR count). The van der Waals surface area contributed by atoms with Crippen LogP contribution in [0.15, 0.2) is 0 Å². The van der Waals surface area contributed by atoms with E-state index < -0.39 is 220 Å². The Morgan fingerprint density at radius 1 is 0.483 bits per heavy atom. The fourth-order valence-corrected chi connectivity index (χ4v) is 19.4. The highest BCUT2D eigenvalue weighted by Crippen LogP contribution is 2.81. The highest BCUT2D eigenvalue weighted by atomic mass is 16.8. The second-order valence-electron chi connectivity index (χ2n) is 29.5. The van der Waals surface area contributed by atoms with Crippen LogP contribution in [0.1, 0.15) is 106 Å². The summed E-state index contributed by atoms with van der Waals surface area (Å²) in [6, 6.07) is 0. The van der Waals surface area contributed by atoms with Crippen molar-refractivity contribution in [1.82, 2.24) is 0 Å². The maximum Gasteiger partial charge on any atom is 0.302 e. The molecule has 3 unspecified atom stereocenters. The molecule has 11 fully saturated rings. The molecule has 0 aromatic heterocycles. The van der Waals surface area contributed by atoms with Gasteiger partial charge < -0.3 is 139 Å². The molecule has 5 saturated carbocycles. The van der Waals surface area contributed by atoms with Crippen LogP contribution in [-0.2, 0) is 61.6 Å². The highest BCUT2D eigenvalue weighted by Gasteiger charge is 2.82. The standard InChI is InChI=1S/C60H98O29/c1-24(65)81-35-16-54(2,3)14-32-59(35)23-80-60(32)13-9-31-55(4)11-10-34(56(5,22-64)30(55)8-12-57(31,6)58(60,7)15-33(59)66)87-52-47(89-51-46(77)42(73)37(68)26(18-62)83-51)40(71)29(21-79-52)86-53-48(43(74)38(69)27(19-63)84-53)88-49-44(75)39(70)28(20-78-49)85-50-45(76)41(72)36(67)25(17-61)82-50/h25-53,61-64,66-77H,8-23H2,1-7H3/t25-,26-,27-,28-,29+,30?,31?,32?,33-,34+,35+,36-,37-,38-,39+,40+,41+,42+,43+,44-,45-,46-,47-,48-,49+,50+,51+,52+,53+,55+,56+,57-,58+,59+,60+/m1/s1. The van der Waals surface area contributed by atoms with Gasteiger partial charge in [0, 0.05) is 23.7 Å². The molecule has 2 bridgehead atoms. The van der Waals surface area contributed by atoms with Crippen molar-refractivity contribution in [2.75, 3.05) is 46.2 Å². The number of carbonyl (C=O) groups is 1. The monoisotopic (exact) mass is 1280 g/mol. The minimum absolute atomic E-state index is 0.0715. The summed E-state index contributed by atoms with van der Waals surface area (Å²) in [5, 5.41) is 176. The van der Waals surface area contributed by atoms with Crippen molar-refractivity contribution in [1.29, 1.82) is 0 Å². The average molecular weight is 1280 g/mol. The van der Waals surface area contributed by atoms with Crippen LogP contribution in [-0.4, -0.2) is 299 Å². The summed E-state index contributed by atoms with van der Waals surface area (Å²) >= 11 is 0. The van der Waals surface area contributed by atoms with E-state index in [0.29, 0.717) is 38.7 Å². The van der Waals surface area contributed by atoms with Crippen LogP contribution >= 0.6 is 0 Å². The van der Waals surface area contributed by atoms with Crippen molar-refractivity contribution in [2.45, 2.75) is 271 Å². The smallest absolute Gasteiger partial charge is 0.302 e. The number of fused-ring (bicyclic) bond motifs is 4. The normalized spacial score (nSPS) is 56.4. The van der Waals surface area contributed by atoms with Crippen LogP contribution in [0.3, 0.4) is 0 Å². The Labute approximate surface area is 515 Å². The van der Waals surface area contributed by atoms with Gasteiger partial charge >= 0.3 is 5.97 Å². The largest absolute Gasteiger partial charge is 0.462 e. The van der Waals surface area contributed by atoms with Gasteiger partial charge in [0.15, 0.2) is 31.5 Å². The quantitative estimate of drug-likeness (QED) is 0.0541. The number of carbonyl (C=O) groups excluding carboxylic acids is 1. The average Bonchev–Trinajstić information content (AvgIpc) is 1.61. The van der Waals surface area contributed by atoms with Crippen molar-refractivity contribution >= 4 is 5.97 Å². The number of aliphatic hydroxyl groups excluding tert-OH is 16. The number of hydrogen-bond donors (Lipinski definition) is 16. The first-order valence-electron chi connectivity index (χ1n) is 31.7. The Kier molecular flexibility index (Phi) is 19.4. The summed E-state index contributed by atoms with van der Waals surface area (Å²) in [7, 11) is 0. The minimum Gasteiger partial charge on any atom is -0.462 e. The van der Waals surface area contributed by atoms with Gasteiger partial charge in [-0.25, -0.2) is 0 Å². The number of hydrogen-bond acceptors (Lipinski definition) is 29. The van der Waals surface area contributed by atoms with Gasteiger partial charge in [-0.3, -0.25) is 4.79 Å². The molecule has 0 aromatic carbocycles. The first-order chi connectivity index (χ1) is 41.8. The Balaban J connectivity index is 0.828. The summed E-state index contributed by atoms with van der Waals surface area (Å²) in [6.45, 7) is 11.0. The van der Waals surface area contributed by atoms with Crippen LogP contribution in [0.4, 0.5) is 0 Å². The van der Waals surface area contributed by atoms with Crippen LogP contribution in [0.25, 0.3) is 0 Å². The lowest BCUT2D eigenvalue weighted by Crippen LogP contribution is -2.75. The van der Waals surface area contributed by atoms with Gasteiger partial charge in [0.05, 0.1) is 69.5 Å². The summed E-state index contributed by atoms with van der Waals surface area (Å²) in [4.78, 5) is 12.7. The van der Waals surface area contributed by atoms with E-state index in [-0.39, 0.29) is 41.2 Å². The van der Waals surface area contributed by atoms with Gasteiger partial charge in [0.2, 0.25) is 0 Å². The van der Waals surface area contributed by atoms with Gasteiger partial charge in [-0.1, -0.05) is 41.5 Å². The lowest BCUT2D eigenvalue weighted by atomic mass is 9.30. The van der Waals surface area contributed by atoms with E-state index in [2.05, 4.69) is 34.6 Å². The summed E-state index contributed by atoms with van der Waals surface area (Å²) < 4.78 is 73.7. The molecule has 11 aliphatic rings. The molecule has 512 valence electrons. The van der Waals surface area contributed by atoms with Crippen LogP contribution in [0.5, 0.6) is 0 Å². The second kappa shape index (κ2) is 25.1. The van der Waals surface area contributed by atoms with Gasteiger partial charge in [0.1, 0.15) is 116 Å². The summed E-state index contributed by atoms with van der Waals surface area (Å²) in [5.41, 5.74) is -3.82. The number of ether oxygens (including phenoxy) is 12. The van der Waals surface area contributed by atoms with Crippen LogP contribution < -0.4 is 0 Å². The fraction of sp³-hybridized carbons (Fsp3) is 0.983. The second-order valence-corrected chi connectivity index (χ2v) is 29.5. The summed E-state index contributed by atoms with van der Waals surface area (Å²) in [5.74, 6) is -0.536. The zero-order valence-electron chi connectivity index (χ0n) is 51.5. The molecule has 0 aromatic rings. The van der Waals surface area contributed by atoms with Gasteiger partial charge in [-0.2, -0.15) is 0 Å². The van der Waals surface area contributed by atoms with Crippen LogP contribution in [0.2, 0.25) is 0 Å². The van der Waals surface area contributed by atoms with Gasteiger partial charge in [-0.05, 0) is 85.9 Å². The molecule has 6 saturated heterocycles. The predicted molar refractivity (Wildman–Crippen MR) is 295 cm³/mol. The molecule has 29 nitrogen and oxygen atoms in total. The molecule has 0 amide bonds. The fourth-order valence-electron chi connectivity index (χ4n) is 19.4. The minimum atomic E-state index is -2.03. The van der Waals surface area contributed by atoms with E-state index >= 15 is 0 Å². The van der Waals surface area contributed by atoms with Crippen molar-refractivity contribution in [3.63, 3.8) is 0 Å². The molecule has 5 aliphatic carbocycles. The van der Waals surface area contributed by atoms with E-state index in [9.17, 15) is 86.5 Å². The zero-order chi connectivity index (χ0) is 64.6. The van der Waals surface area contributed by atoms with E-state index in [0.717, 1.165) is 25.7 Å². The van der Waals surface area contributed by atoms with Crippen molar-refractivity contribution in [2.24, 2.45) is 50.2 Å². The van der Waals surface area contributed by atoms with Crippen LogP contribution in [0, 0.1) is 50.2 Å². The van der Waals surface area contributed by atoms with Gasteiger partial charge in [-0.15, -0.1) is 0 Å². The lowest BCUT2D eigenvalue weighted by molar-refractivity contribution is -0.395. The molecule has 35 atom stereocenters. The number of aliphatic hydroxyl groups is 16. The zero-order valence-corrected chi connectivity index (χ0v) is 51.5. The third-order valence-corrected chi connectivity index (χ3v) is 24.4. The lowest BCUT2D eigenvalue weighted by Gasteiger charge is -2.75. The van der Waals surface area contributed by atoms with E-state index in [1.807, 2.05) is 6.92 Å². The maximum atomic E-state index is 12.7. The molecule has 29 heteroatoms. The number of esters is 1. The maximum absolute atomic E-state index is 12.7. The molecule has 6 heterocycles. The Morgan fingerprint density at radius 3 is 1.60 bits per heavy atom. The molecule has 0 radical (unpaired) electrons. The first-order valence-corrected chi connectivity index (χ1v) is 31.7. The molecular formula is C60H98O29. The predicted octanol–water partition coefficient (Wildman–Crippen LogP) is -4.73. The molecule has 6 aliphatic heterocycles. The van der Waals surface area contributed by atoms with E-state index in [1.165, 1.54) is 6.92 Å². The first kappa shape index (κ1) is 68.8. The van der Waals surface area contributed by atoms with Crippen molar-refractivity contribution in [3.05, 3.63) is 0 Å². The Bertz CT molecular complexity index is 2460. The molecule has 89 heavy (non-hydrogen) atoms. The Morgan fingerprint density at radius 2 is 1.00 bits per heavy atom. The third-order valence-electron chi connectivity index (χ3n) is 24.4. The number of rotatable bonds is 15. The van der Waals surface area contributed by atoms with Gasteiger partial charge in [0.25, 0.3) is 0 Å². The highest BCUT2D eigenvalue weighted by molar-refractivity contribution is 5.66. The SMILES string of the molecule is CC(=O)O[C@H]1CC(C)(C)CC2[C@]13CO[C@@]21CCC2[C@@]4(C)CC[C@H](O[C@@H]5OC[C@H](O[C@@H]6O[C@H](CO)[C@@H](O)[C@H](O)[C@H]6O[C@@H]6OC[C@@H](O[C@@H]7O[C@H](CO)[C@@H](O)[C@H](O)[C@H]7O)[C@H](O)[C@H]6O)[C@H](O)[C@H]5O[C@@H]5O[C@H](CO)[C@@H](O)[C@H](O)[C@H]5O)[C@@](C)(CO)C4CC[C@@]2(C)[C@]1(C)C[C@H]3O.